The molecule has 0 bridgehead atoms. The van der Waals surface area contributed by atoms with E-state index in [0.29, 0.717) is 24.8 Å². The predicted molar refractivity (Wildman–Crippen MR) is 125 cm³/mol. The van der Waals surface area contributed by atoms with Crippen LogP contribution in [0.2, 0.25) is 0 Å². The second-order valence-electron chi connectivity index (χ2n) is 8.26. The lowest BCUT2D eigenvalue weighted by molar-refractivity contribution is -0.127. The smallest absolute Gasteiger partial charge is 0.406 e. The van der Waals surface area contributed by atoms with Crippen LogP contribution in [0.5, 0.6) is 5.75 Å². The summed E-state index contributed by atoms with van der Waals surface area (Å²) >= 11 is 0. The highest BCUT2D eigenvalue weighted by Gasteiger charge is 2.25. The number of fused-ring (bicyclic) bond motifs is 1. The number of amides is 1. The largest absolute Gasteiger partial charge is 0.507 e. The number of aliphatic hydroxyl groups excluding tert-OH is 2. The summed E-state index contributed by atoms with van der Waals surface area (Å²) in [5.41, 5.74) is 1.18. The number of unbranched alkanes of at least 4 members (excludes halogenated alkanes) is 1. The number of ether oxygens (including phenoxy) is 2. The second-order valence-corrected chi connectivity index (χ2v) is 8.26. The van der Waals surface area contributed by atoms with E-state index in [1.54, 1.807) is 26.0 Å². The molecule has 0 radical (unpaired) electrons. The highest BCUT2D eigenvalue weighted by molar-refractivity contribution is 5.97. The number of aromatic hydroxyl groups is 1. The number of benzene rings is 1. The Kier molecular flexibility index (Phi) is 10.3. The number of rotatable bonds is 5. The first-order chi connectivity index (χ1) is 16.1. The SMILES string of the molecule is CNC(=O)OCCCCc1ccc(O)c2c1/C=C/C[C@H](O)C(O)C(=O)/C=C\[C@@H](C)[C@H](C)OC2=O. The number of nitrogens with one attached hydrogen (secondary N) is 1. The van der Waals surface area contributed by atoms with Gasteiger partial charge in [0, 0.05) is 13.0 Å². The molecule has 34 heavy (non-hydrogen) atoms. The van der Waals surface area contributed by atoms with E-state index < -0.39 is 36.2 Å². The molecule has 0 aliphatic carbocycles. The molecular weight excluding hydrogens is 442 g/mol. The van der Waals surface area contributed by atoms with Gasteiger partial charge in [-0.2, -0.15) is 0 Å². The van der Waals surface area contributed by atoms with Crippen molar-refractivity contribution in [2.24, 2.45) is 5.92 Å². The monoisotopic (exact) mass is 475 g/mol. The van der Waals surface area contributed by atoms with Crippen molar-refractivity contribution in [3.05, 3.63) is 47.1 Å². The molecule has 0 aromatic heterocycles. The molecule has 0 saturated carbocycles. The quantitative estimate of drug-likeness (QED) is 0.376. The first-order valence-corrected chi connectivity index (χ1v) is 11.3. The first-order valence-electron chi connectivity index (χ1n) is 11.3. The summed E-state index contributed by atoms with van der Waals surface area (Å²) < 4.78 is 10.5. The summed E-state index contributed by atoms with van der Waals surface area (Å²) in [4.78, 5) is 36.3. The van der Waals surface area contributed by atoms with E-state index in [1.165, 1.54) is 31.3 Å². The number of phenolic OH excluding ortho intramolecular Hbond substituents is 1. The van der Waals surface area contributed by atoms with Gasteiger partial charge in [0.2, 0.25) is 0 Å². The Bertz CT molecular complexity index is 939. The van der Waals surface area contributed by atoms with Crippen molar-refractivity contribution in [1.29, 1.82) is 0 Å². The molecule has 9 heteroatoms. The minimum absolute atomic E-state index is 0.00145. The topological polar surface area (TPSA) is 142 Å². The average molecular weight is 476 g/mol. The van der Waals surface area contributed by atoms with Crippen molar-refractivity contribution in [2.45, 2.75) is 57.8 Å². The van der Waals surface area contributed by atoms with E-state index in [-0.39, 0.29) is 30.3 Å². The maximum Gasteiger partial charge on any atom is 0.406 e. The zero-order valence-electron chi connectivity index (χ0n) is 19.7. The van der Waals surface area contributed by atoms with Gasteiger partial charge in [0.15, 0.2) is 5.78 Å². The van der Waals surface area contributed by atoms with Crippen LogP contribution in [0.1, 0.15) is 54.6 Å². The van der Waals surface area contributed by atoms with Gasteiger partial charge in [-0.25, -0.2) is 9.59 Å². The van der Waals surface area contributed by atoms with E-state index >= 15 is 0 Å². The molecule has 1 aromatic rings. The lowest BCUT2D eigenvalue weighted by Crippen LogP contribution is -2.32. The lowest BCUT2D eigenvalue weighted by Gasteiger charge is -2.21. The molecule has 186 valence electrons. The minimum Gasteiger partial charge on any atom is -0.507 e. The van der Waals surface area contributed by atoms with Crippen molar-refractivity contribution >= 4 is 23.9 Å². The number of phenols is 1. The summed E-state index contributed by atoms with van der Waals surface area (Å²) in [5.74, 6) is -1.95. The third-order valence-corrected chi connectivity index (χ3v) is 5.71. The van der Waals surface area contributed by atoms with Gasteiger partial charge in [-0.1, -0.05) is 31.2 Å². The number of aliphatic hydroxyl groups is 2. The summed E-state index contributed by atoms with van der Waals surface area (Å²) in [6.45, 7) is 3.64. The summed E-state index contributed by atoms with van der Waals surface area (Å²) in [6.07, 6.45) is 3.45. The fourth-order valence-corrected chi connectivity index (χ4v) is 3.41. The number of carbonyl (C=O) groups excluding carboxylic acids is 3. The van der Waals surface area contributed by atoms with E-state index in [1.807, 2.05) is 0 Å². The molecule has 9 nitrogen and oxygen atoms in total. The van der Waals surface area contributed by atoms with Crippen molar-refractivity contribution < 1.29 is 39.2 Å². The van der Waals surface area contributed by atoms with Crippen molar-refractivity contribution in [3.8, 4) is 5.75 Å². The van der Waals surface area contributed by atoms with Crippen LogP contribution in [-0.2, 0) is 20.7 Å². The Morgan fingerprint density at radius 1 is 1.18 bits per heavy atom. The van der Waals surface area contributed by atoms with Crippen LogP contribution in [0.15, 0.2) is 30.4 Å². The number of esters is 1. The highest BCUT2D eigenvalue weighted by Crippen LogP contribution is 2.29. The average Bonchev–Trinajstić information content (AvgIpc) is 2.81. The Hall–Kier alpha value is -3.17. The molecular formula is C25H33NO8. The van der Waals surface area contributed by atoms with E-state index in [0.717, 1.165) is 5.56 Å². The molecule has 1 aliphatic heterocycles. The van der Waals surface area contributed by atoms with E-state index in [9.17, 15) is 29.7 Å². The van der Waals surface area contributed by atoms with Gasteiger partial charge in [-0.15, -0.1) is 0 Å². The molecule has 4 N–H and O–H groups in total. The zero-order chi connectivity index (χ0) is 25.3. The van der Waals surface area contributed by atoms with Crippen LogP contribution >= 0.6 is 0 Å². The molecule has 0 fully saturated rings. The third kappa shape index (κ3) is 7.43. The normalized spacial score (nSPS) is 25.4. The van der Waals surface area contributed by atoms with Gasteiger partial charge in [0.05, 0.1) is 12.7 Å². The number of ketones is 1. The van der Waals surface area contributed by atoms with Crippen LogP contribution in [0.4, 0.5) is 4.79 Å². The molecule has 1 aliphatic rings. The Morgan fingerprint density at radius 2 is 1.91 bits per heavy atom. The maximum absolute atomic E-state index is 13.0. The fourth-order valence-electron chi connectivity index (χ4n) is 3.41. The highest BCUT2D eigenvalue weighted by atomic mass is 16.5. The molecule has 1 unspecified atom stereocenters. The predicted octanol–water partition coefficient (Wildman–Crippen LogP) is 2.52. The van der Waals surface area contributed by atoms with Gasteiger partial charge in [0.1, 0.15) is 23.5 Å². The van der Waals surface area contributed by atoms with Gasteiger partial charge < -0.3 is 30.1 Å². The first kappa shape index (κ1) is 27.1. The number of carbonyl (C=O) groups is 3. The van der Waals surface area contributed by atoms with Crippen LogP contribution in [0.25, 0.3) is 6.08 Å². The second kappa shape index (κ2) is 12.9. The van der Waals surface area contributed by atoms with Gasteiger partial charge >= 0.3 is 12.1 Å². The minimum atomic E-state index is -1.59. The third-order valence-electron chi connectivity index (χ3n) is 5.71. The van der Waals surface area contributed by atoms with E-state index in [2.05, 4.69) is 5.32 Å². The Balaban J connectivity index is 2.35. The van der Waals surface area contributed by atoms with Crippen molar-refractivity contribution in [3.63, 3.8) is 0 Å². The summed E-state index contributed by atoms with van der Waals surface area (Å²) in [7, 11) is 1.48. The van der Waals surface area contributed by atoms with Crippen LogP contribution in [0, 0.1) is 5.92 Å². The van der Waals surface area contributed by atoms with Crippen LogP contribution < -0.4 is 5.32 Å². The maximum atomic E-state index is 13.0. The standard InChI is InChI=1S/C25H33NO8/c1-15-10-12-21(29)23(30)20(28)9-6-8-18-17(7-4-5-14-33-25(32)26-3)11-13-19(27)22(18)24(31)34-16(15)2/h6,8,10-13,15-16,20,23,27-28,30H,4-5,7,9,14H2,1-3H3,(H,26,32)/b8-6+,12-10-/t15-,16+,20+,23?/m1/s1. The number of aryl methyl sites for hydroxylation is 1. The molecule has 4 atom stereocenters. The Morgan fingerprint density at radius 3 is 2.62 bits per heavy atom. The number of hydrogen-bond donors (Lipinski definition) is 4. The molecule has 1 amide bonds. The number of alkyl carbamates (subject to hydrolysis) is 1. The fraction of sp³-hybridized carbons (Fsp3) is 0.480. The van der Waals surface area contributed by atoms with Gasteiger partial charge in [-0.3, -0.25) is 4.79 Å². The Labute approximate surface area is 199 Å². The van der Waals surface area contributed by atoms with Crippen molar-refractivity contribution in [2.75, 3.05) is 13.7 Å². The number of hydrogen-bond acceptors (Lipinski definition) is 8. The molecule has 0 spiro atoms. The summed E-state index contributed by atoms with van der Waals surface area (Å²) in [5, 5.41) is 33.2. The number of cyclic esters (lactones) is 1. The van der Waals surface area contributed by atoms with Crippen LogP contribution in [0.3, 0.4) is 0 Å². The van der Waals surface area contributed by atoms with Crippen LogP contribution in [-0.4, -0.2) is 65.1 Å². The van der Waals surface area contributed by atoms with E-state index in [4.69, 9.17) is 9.47 Å². The summed E-state index contributed by atoms with van der Waals surface area (Å²) in [6, 6.07) is 3.12. The lowest BCUT2D eigenvalue weighted by atomic mass is 9.94. The molecule has 1 heterocycles. The van der Waals surface area contributed by atoms with Gasteiger partial charge in [0.25, 0.3) is 0 Å². The molecule has 2 rings (SSSR count). The molecule has 0 saturated heterocycles. The van der Waals surface area contributed by atoms with Gasteiger partial charge in [-0.05, 0) is 55.9 Å². The van der Waals surface area contributed by atoms with Crippen molar-refractivity contribution in [1.82, 2.24) is 5.32 Å². The zero-order valence-corrected chi connectivity index (χ0v) is 19.7. The molecule has 1 aromatic carbocycles.